The fraction of sp³-hybridized carbons (Fsp3) is 0.308. The lowest BCUT2D eigenvalue weighted by Crippen LogP contribution is -2.02. The first-order chi connectivity index (χ1) is 15.5. The SMILES string of the molecule is COCc1cc(-c2cc(COC)c(O)c(COC)c2-c2ccccc2)cc(COC)c1O. The lowest BCUT2D eigenvalue weighted by atomic mass is 9.86. The molecule has 0 aromatic heterocycles. The molecule has 170 valence electrons. The third-order valence-corrected chi connectivity index (χ3v) is 5.31. The molecule has 0 saturated carbocycles. The molecule has 0 spiro atoms. The number of methoxy groups -OCH3 is 4. The van der Waals surface area contributed by atoms with Crippen molar-refractivity contribution < 1.29 is 29.2 Å². The minimum absolute atomic E-state index is 0.157. The van der Waals surface area contributed by atoms with Crippen LogP contribution in [0.2, 0.25) is 0 Å². The van der Waals surface area contributed by atoms with E-state index in [1.807, 2.05) is 48.5 Å². The monoisotopic (exact) mass is 438 g/mol. The van der Waals surface area contributed by atoms with Crippen LogP contribution >= 0.6 is 0 Å². The molecular weight excluding hydrogens is 408 g/mol. The molecule has 3 aromatic carbocycles. The molecule has 0 aliphatic carbocycles. The summed E-state index contributed by atoms with van der Waals surface area (Å²) in [5, 5.41) is 21.7. The molecule has 0 saturated heterocycles. The topological polar surface area (TPSA) is 77.4 Å². The molecule has 2 N–H and O–H groups in total. The number of rotatable bonds is 10. The maximum atomic E-state index is 11.0. The van der Waals surface area contributed by atoms with E-state index in [1.54, 1.807) is 28.4 Å². The first-order valence-corrected chi connectivity index (χ1v) is 10.3. The van der Waals surface area contributed by atoms with E-state index in [2.05, 4.69) is 0 Å². The zero-order valence-corrected chi connectivity index (χ0v) is 19.0. The lowest BCUT2D eigenvalue weighted by Gasteiger charge is -2.21. The van der Waals surface area contributed by atoms with Crippen LogP contribution < -0.4 is 0 Å². The average Bonchev–Trinajstić information content (AvgIpc) is 2.80. The minimum Gasteiger partial charge on any atom is -0.507 e. The predicted octanol–water partition coefficient (Wildman–Crippen LogP) is 5.02. The van der Waals surface area contributed by atoms with Gasteiger partial charge >= 0.3 is 0 Å². The van der Waals surface area contributed by atoms with Crippen LogP contribution in [0.25, 0.3) is 22.3 Å². The Kier molecular flexibility index (Phi) is 8.25. The van der Waals surface area contributed by atoms with Crippen molar-refractivity contribution in [2.45, 2.75) is 26.4 Å². The van der Waals surface area contributed by atoms with Crippen molar-refractivity contribution in [1.82, 2.24) is 0 Å². The quantitative estimate of drug-likeness (QED) is 0.463. The van der Waals surface area contributed by atoms with Crippen LogP contribution in [-0.2, 0) is 45.4 Å². The summed E-state index contributed by atoms with van der Waals surface area (Å²) in [5.74, 6) is 0.316. The van der Waals surface area contributed by atoms with Crippen LogP contribution in [0.3, 0.4) is 0 Å². The highest BCUT2D eigenvalue weighted by molar-refractivity contribution is 5.88. The van der Waals surface area contributed by atoms with E-state index in [4.69, 9.17) is 18.9 Å². The Bertz CT molecular complexity index is 1020. The number of aromatic hydroxyl groups is 2. The molecule has 0 radical (unpaired) electrons. The number of ether oxygens (including phenoxy) is 4. The Morgan fingerprint density at radius 1 is 0.594 bits per heavy atom. The minimum atomic E-state index is 0.157. The van der Waals surface area contributed by atoms with Gasteiger partial charge in [0.15, 0.2) is 0 Å². The van der Waals surface area contributed by atoms with Crippen LogP contribution in [0, 0.1) is 0 Å². The molecule has 6 heteroatoms. The molecule has 0 bridgehead atoms. The molecule has 0 atom stereocenters. The van der Waals surface area contributed by atoms with Gasteiger partial charge in [0.25, 0.3) is 0 Å². The third-order valence-electron chi connectivity index (χ3n) is 5.31. The summed E-state index contributed by atoms with van der Waals surface area (Å²) in [4.78, 5) is 0. The Morgan fingerprint density at radius 3 is 1.59 bits per heavy atom. The Balaban J connectivity index is 2.38. The standard InChI is InChI=1S/C26H30O6/c1-29-13-19-10-18(11-20(14-30-2)25(19)27)22-12-21(15-31-3)26(28)23(16-32-4)24(22)17-8-6-5-7-9-17/h5-12,27-28H,13-16H2,1-4H3. The van der Waals surface area contributed by atoms with Crippen molar-refractivity contribution in [2.75, 3.05) is 28.4 Å². The Labute approximate surface area is 189 Å². The number of hydrogen-bond donors (Lipinski definition) is 2. The van der Waals surface area contributed by atoms with Crippen LogP contribution in [-0.4, -0.2) is 38.7 Å². The molecule has 3 aromatic rings. The van der Waals surface area contributed by atoms with Crippen LogP contribution in [0.4, 0.5) is 0 Å². The molecule has 0 fully saturated rings. The second-order valence-corrected chi connectivity index (χ2v) is 7.53. The van der Waals surface area contributed by atoms with Gasteiger partial charge < -0.3 is 29.2 Å². The highest BCUT2D eigenvalue weighted by Gasteiger charge is 2.22. The molecule has 0 amide bonds. The van der Waals surface area contributed by atoms with Crippen molar-refractivity contribution in [3.63, 3.8) is 0 Å². The molecular formula is C26H30O6. The maximum absolute atomic E-state index is 11.0. The van der Waals surface area contributed by atoms with Gasteiger partial charge in [-0.2, -0.15) is 0 Å². The highest BCUT2D eigenvalue weighted by Crippen LogP contribution is 2.43. The molecule has 6 nitrogen and oxygen atoms in total. The van der Waals surface area contributed by atoms with E-state index < -0.39 is 0 Å². The number of phenolic OH excluding ortho intramolecular Hbond substituents is 2. The van der Waals surface area contributed by atoms with Gasteiger partial charge in [-0.05, 0) is 40.5 Å². The molecule has 0 unspecified atom stereocenters. The van der Waals surface area contributed by atoms with Gasteiger partial charge in [-0.25, -0.2) is 0 Å². The van der Waals surface area contributed by atoms with Crippen molar-refractivity contribution in [3.05, 3.63) is 70.8 Å². The van der Waals surface area contributed by atoms with E-state index in [9.17, 15) is 10.2 Å². The van der Waals surface area contributed by atoms with Gasteiger partial charge in [0.05, 0.1) is 26.4 Å². The third kappa shape index (κ3) is 4.95. The van der Waals surface area contributed by atoms with E-state index in [0.29, 0.717) is 22.3 Å². The van der Waals surface area contributed by atoms with Crippen LogP contribution in [0.5, 0.6) is 11.5 Å². The van der Waals surface area contributed by atoms with Crippen molar-refractivity contribution in [3.8, 4) is 33.8 Å². The summed E-state index contributed by atoms with van der Waals surface area (Å²) < 4.78 is 21.4. The van der Waals surface area contributed by atoms with Crippen molar-refractivity contribution in [2.24, 2.45) is 0 Å². The second kappa shape index (κ2) is 11.1. The first-order valence-electron chi connectivity index (χ1n) is 10.3. The number of hydrogen-bond acceptors (Lipinski definition) is 6. The first kappa shape index (κ1) is 23.8. The van der Waals surface area contributed by atoms with Gasteiger partial charge in [-0.3, -0.25) is 0 Å². The normalized spacial score (nSPS) is 11.1. The van der Waals surface area contributed by atoms with Gasteiger partial charge in [0, 0.05) is 50.7 Å². The number of benzene rings is 3. The summed E-state index contributed by atoms with van der Waals surface area (Å²) in [6.45, 7) is 0.989. The van der Waals surface area contributed by atoms with E-state index in [-0.39, 0.29) is 37.9 Å². The predicted molar refractivity (Wildman–Crippen MR) is 123 cm³/mol. The van der Waals surface area contributed by atoms with Crippen molar-refractivity contribution in [1.29, 1.82) is 0 Å². The molecule has 32 heavy (non-hydrogen) atoms. The fourth-order valence-electron chi connectivity index (χ4n) is 3.95. The van der Waals surface area contributed by atoms with Gasteiger partial charge in [-0.15, -0.1) is 0 Å². The van der Waals surface area contributed by atoms with E-state index in [0.717, 1.165) is 22.3 Å². The zero-order chi connectivity index (χ0) is 23.1. The smallest absolute Gasteiger partial charge is 0.127 e. The summed E-state index contributed by atoms with van der Waals surface area (Å²) in [6, 6.07) is 15.6. The summed E-state index contributed by atoms with van der Waals surface area (Å²) >= 11 is 0. The van der Waals surface area contributed by atoms with Crippen LogP contribution in [0.15, 0.2) is 48.5 Å². The zero-order valence-electron chi connectivity index (χ0n) is 19.0. The van der Waals surface area contributed by atoms with Gasteiger partial charge in [0.1, 0.15) is 11.5 Å². The van der Waals surface area contributed by atoms with Crippen molar-refractivity contribution >= 4 is 0 Å². The van der Waals surface area contributed by atoms with Crippen LogP contribution in [0.1, 0.15) is 22.3 Å². The van der Waals surface area contributed by atoms with E-state index >= 15 is 0 Å². The lowest BCUT2D eigenvalue weighted by molar-refractivity contribution is 0.174. The average molecular weight is 439 g/mol. The Morgan fingerprint density at radius 2 is 1.09 bits per heavy atom. The second-order valence-electron chi connectivity index (χ2n) is 7.53. The number of phenols is 2. The summed E-state index contributed by atoms with van der Waals surface area (Å²) in [7, 11) is 6.37. The Hall–Kier alpha value is -2.90. The largest absolute Gasteiger partial charge is 0.507 e. The van der Waals surface area contributed by atoms with Gasteiger partial charge in [-0.1, -0.05) is 30.3 Å². The maximum Gasteiger partial charge on any atom is 0.127 e. The fourth-order valence-corrected chi connectivity index (χ4v) is 3.95. The van der Waals surface area contributed by atoms with E-state index in [1.165, 1.54) is 0 Å². The van der Waals surface area contributed by atoms with Gasteiger partial charge in [0.2, 0.25) is 0 Å². The molecule has 0 aliphatic heterocycles. The summed E-state index contributed by atoms with van der Waals surface area (Å²) in [5.41, 5.74) is 6.22. The molecule has 0 aliphatic rings. The molecule has 3 rings (SSSR count). The summed E-state index contributed by atoms with van der Waals surface area (Å²) in [6.07, 6.45) is 0. The highest BCUT2D eigenvalue weighted by atomic mass is 16.5. The molecule has 0 heterocycles.